The van der Waals surface area contributed by atoms with Gasteiger partial charge in [0, 0.05) is 19.7 Å². The number of carbonyl (C=O) groups is 1. The molecule has 1 aliphatic rings. The van der Waals surface area contributed by atoms with Crippen LogP contribution in [-0.4, -0.2) is 57.0 Å². The van der Waals surface area contributed by atoms with Gasteiger partial charge in [-0.2, -0.15) is 0 Å². The van der Waals surface area contributed by atoms with Crippen LogP contribution in [0.1, 0.15) is 6.92 Å². The van der Waals surface area contributed by atoms with Gasteiger partial charge < -0.3 is 19.7 Å². The lowest BCUT2D eigenvalue weighted by Crippen LogP contribution is -2.44. The minimum Gasteiger partial charge on any atom is -0.448 e. The maximum Gasteiger partial charge on any atom is 0.409 e. The van der Waals surface area contributed by atoms with Crippen molar-refractivity contribution in [2.75, 3.05) is 40.0 Å². The van der Waals surface area contributed by atoms with Gasteiger partial charge >= 0.3 is 6.09 Å². The molecule has 1 saturated heterocycles. The molecule has 1 rings (SSSR count). The zero-order valence-electron chi connectivity index (χ0n) is 8.78. The van der Waals surface area contributed by atoms with Crippen LogP contribution in [0.3, 0.4) is 0 Å². The van der Waals surface area contributed by atoms with Crippen LogP contribution in [0.25, 0.3) is 0 Å². The van der Waals surface area contributed by atoms with E-state index >= 15 is 0 Å². The molecule has 14 heavy (non-hydrogen) atoms. The molecule has 1 heterocycles. The van der Waals surface area contributed by atoms with Crippen LogP contribution in [-0.2, 0) is 9.47 Å². The molecule has 1 N–H and O–H groups in total. The maximum atomic E-state index is 11.2. The van der Waals surface area contributed by atoms with Gasteiger partial charge in [-0.25, -0.2) is 4.79 Å². The van der Waals surface area contributed by atoms with Gasteiger partial charge in [-0.05, 0) is 6.54 Å². The van der Waals surface area contributed by atoms with E-state index in [-0.39, 0.29) is 12.1 Å². The number of hydrogen-bond donors (Lipinski definition) is 1. The maximum absolute atomic E-state index is 11.2. The third-order valence-electron chi connectivity index (χ3n) is 2.15. The molecule has 82 valence electrons. The first-order valence-electron chi connectivity index (χ1n) is 4.92. The lowest BCUT2D eigenvalue weighted by Gasteiger charge is -2.21. The highest BCUT2D eigenvalue weighted by atomic mass is 16.6. The molecule has 5 heteroatoms. The van der Waals surface area contributed by atoms with E-state index in [2.05, 4.69) is 5.32 Å². The van der Waals surface area contributed by atoms with E-state index in [1.54, 1.807) is 12.0 Å². The molecule has 0 radical (unpaired) electrons. The van der Waals surface area contributed by atoms with Crippen LogP contribution in [0, 0.1) is 0 Å². The third kappa shape index (κ3) is 3.16. The minimum absolute atomic E-state index is 0.190. The van der Waals surface area contributed by atoms with Crippen LogP contribution in [0.15, 0.2) is 0 Å². The normalized spacial score (nSPS) is 18.4. The summed E-state index contributed by atoms with van der Waals surface area (Å²) in [6.07, 6.45) is -0.219. The Morgan fingerprint density at radius 3 is 3.00 bits per heavy atom. The second kappa shape index (κ2) is 5.82. The Morgan fingerprint density at radius 1 is 1.71 bits per heavy atom. The quantitative estimate of drug-likeness (QED) is 0.662. The van der Waals surface area contributed by atoms with Crippen LogP contribution < -0.4 is 5.32 Å². The van der Waals surface area contributed by atoms with Gasteiger partial charge in [0.2, 0.25) is 0 Å². The molecule has 1 unspecified atom stereocenters. The first-order chi connectivity index (χ1) is 6.77. The Labute approximate surface area is 84.4 Å². The summed E-state index contributed by atoms with van der Waals surface area (Å²) in [4.78, 5) is 12.9. The van der Waals surface area contributed by atoms with Crippen LogP contribution in [0.2, 0.25) is 0 Å². The predicted molar refractivity (Wildman–Crippen MR) is 52.3 cm³/mol. The molecule has 0 aliphatic carbocycles. The fourth-order valence-electron chi connectivity index (χ4n) is 1.52. The summed E-state index contributed by atoms with van der Waals surface area (Å²) in [7, 11) is 1.66. The number of methoxy groups -OCH3 is 1. The van der Waals surface area contributed by atoms with Gasteiger partial charge in [-0.1, -0.05) is 6.92 Å². The summed E-state index contributed by atoms with van der Waals surface area (Å²) in [6, 6.07) is 0.190. The largest absolute Gasteiger partial charge is 0.448 e. The highest BCUT2D eigenvalue weighted by molar-refractivity contribution is 5.69. The van der Waals surface area contributed by atoms with Gasteiger partial charge in [0.25, 0.3) is 0 Å². The van der Waals surface area contributed by atoms with Crippen molar-refractivity contribution in [1.82, 2.24) is 10.2 Å². The molecule has 1 amide bonds. The van der Waals surface area contributed by atoms with Crippen molar-refractivity contribution in [3.05, 3.63) is 0 Å². The van der Waals surface area contributed by atoms with Gasteiger partial charge in [0.05, 0.1) is 13.2 Å². The Morgan fingerprint density at radius 2 is 2.50 bits per heavy atom. The smallest absolute Gasteiger partial charge is 0.409 e. The molecule has 0 aromatic heterocycles. The Bertz CT molecular complexity index is 181. The predicted octanol–water partition coefficient (Wildman–Crippen LogP) is 0.0631. The van der Waals surface area contributed by atoms with Crippen molar-refractivity contribution in [3.63, 3.8) is 0 Å². The molecule has 1 atom stereocenters. The average molecular weight is 202 g/mol. The molecule has 5 nitrogen and oxygen atoms in total. The summed E-state index contributed by atoms with van der Waals surface area (Å²) in [5, 5.41) is 3.26. The molecular formula is C9H18N2O3. The van der Waals surface area contributed by atoms with Crippen molar-refractivity contribution < 1.29 is 14.3 Å². The number of cyclic esters (lactones) is 1. The zero-order valence-corrected chi connectivity index (χ0v) is 8.78. The highest BCUT2D eigenvalue weighted by Gasteiger charge is 2.24. The second-order valence-electron chi connectivity index (χ2n) is 3.27. The van der Waals surface area contributed by atoms with E-state index in [1.807, 2.05) is 6.92 Å². The summed E-state index contributed by atoms with van der Waals surface area (Å²) in [6.45, 7) is 5.36. The summed E-state index contributed by atoms with van der Waals surface area (Å²) >= 11 is 0. The molecule has 0 bridgehead atoms. The lowest BCUT2D eigenvalue weighted by molar-refractivity contribution is 0.135. The molecule has 0 spiro atoms. The van der Waals surface area contributed by atoms with Crippen molar-refractivity contribution in [2.24, 2.45) is 0 Å². The molecule has 1 fully saturated rings. The fourth-order valence-corrected chi connectivity index (χ4v) is 1.52. The highest BCUT2D eigenvalue weighted by Crippen LogP contribution is 2.04. The summed E-state index contributed by atoms with van der Waals surface area (Å²) in [5.74, 6) is 0. The first-order valence-corrected chi connectivity index (χ1v) is 4.92. The number of nitrogens with one attached hydrogen (secondary N) is 1. The molecule has 1 aliphatic heterocycles. The Hall–Kier alpha value is -0.810. The fraction of sp³-hybridized carbons (Fsp3) is 0.889. The number of hydrogen-bond acceptors (Lipinski definition) is 4. The van der Waals surface area contributed by atoms with Crippen molar-refractivity contribution in [1.29, 1.82) is 0 Å². The van der Waals surface area contributed by atoms with Crippen molar-refractivity contribution >= 4 is 6.09 Å². The topological polar surface area (TPSA) is 50.8 Å². The van der Waals surface area contributed by atoms with Crippen LogP contribution in [0.4, 0.5) is 4.79 Å². The Balaban J connectivity index is 2.33. The van der Waals surface area contributed by atoms with E-state index < -0.39 is 0 Å². The molecule has 0 aromatic carbocycles. The average Bonchev–Trinajstić information content (AvgIpc) is 2.53. The number of amides is 1. The third-order valence-corrected chi connectivity index (χ3v) is 2.15. The van der Waals surface area contributed by atoms with E-state index in [9.17, 15) is 4.79 Å². The lowest BCUT2D eigenvalue weighted by atomic mass is 10.3. The van der Waals surface area contributed by atoms with E-state index in [1.165, 1.54) is 0 Å². The first kappa shape index (κ1) is 11.3. The number of likely N-dealkylation sites (N-methyl/N-ethyl adjacent to an activating group) is 1. The van der Waals surface area contributed by atoms with Crippen LogP contribution in [0.5, 0.6) is 0 Å². The van der Waals surface area contributed by atoms with E-state index in [0.717, 1.165) is 6.54 Å². The van der Waals surface area contributed by atoms with Crippen LogP contribution >= 0.6 is 0 Å². The molecular weight excluding hydrogens is 184 g/mol. The van der Waals surface area contributed by atoms with Crippen molar-refractivity contribution in [3.8, 4) is 0 Å². The number of nitrogens with zero attached hydrogens (tertiary/aromatic N) is 1. The van der Waals surface area contributed by atoms with Gasteiger partial charge in [-0.15, -0.1) is 0 Å². The van der Waals surface area contributed by atoms with Crippen molar-refractivity contribution in [2.45, 2.75) is 13.0 Å². The Kier molecular flexibility index (Phi) is 4.69. The van der Waals surface area contributed by atoms with Gasteiger partial charge in [-0.3, -0.25) is 0 Å². The van der Waals surface area contributed by atoms with E-state index in [4.69, 9.17) is 9.47 Å². The summed E-state index contributed by atoms with van der Waals surface area (Å²) in [5.41, 5.74) is 0. The summed E-state index contributed by atoms with van der Waals surface area (Å²) < 4.78 is 9.90. The monoisotopic (exact) mass is 202 g/mol. The zero-order chi connectivity index (χ0) is 10.4. The number of carbonyl (C=O) groups excluding carboxylic acids is 1. The SMILES string of the molecule is CCNC(COC)CN1CCOC1=O. The number of rotatable bonds is 6. The molecule has 0 saturated carbocycles. The number of ether oxygens (including phenoxy) is 2. The van der Waals surface area contributed by atoms with Gasteiger partial charge in [0.15, 0.2) is 0 Å². The second-order valence-corrected chi connectivity index (χ2v) is 3.27. The van der Waals surface area contributed by atoms with Gasteiger partial charge in [0.1, 0.15) is 6.61 Å². The van der Waals surface area contributed by atoms with E-state index in [0.29, 0.717) is 26.3 Å². The standard InChI is InChI=1S/C9H18N2O3/c1-3-10-8(7-13-2)6-11-4-5-14-9(11)12/h8,10H,3-7H2,1-2H3. The molecule has 0 aromatic rings. The minimum atomic E-state index is -0.219.